The van der Waals surface area contributed by atoms with Gasteiger partial charge in [-0.1, -0.05) is 41.4 Å². The van der Waals surface area contributed by atoms with Crippen molar-refractivity contribution in [3.05, 3.63) is 58.1 Å². The number of rotatable bonds is 5. The second-order valence-electron chi connectivity index (χ2n) is 4.43. The van der Waals surface area contributed by atoms with Crippen molar-refractivity contribution >= 4 is 40.8 Å². The highest BCUT2D eigenvalue weighted by atomic mass is 35.5. The van der Waals surface area contributed by atoms with Crippen molar-refractivity contribution in [2.45, 2.75) is 0 Å². The zero-order valence-corrected chi connectivity index (χ0v) is 13.6. The van der Waals surface area contributed by atoms with Crippen molar-refractivity contribution in [1.29, 1.82) is 0 Å². The SMILES string of the molecule is COc1ccccc1NC(=O)COC(=O)c1cccc(Cl)c1Cl. The van der Waals surface area contributed by atoms with Gasteiger partial charge in [-0.25, -0.2) is 4.79 Å². The number of amides is 1. The first-order valence-corrected chi connectivity index (χ1v) is 7.32. The molecule has 2 aromatic carbocycles. The van der Waals surface area contributed by atoms with Crippen LogP contribution in [0.2, 0.25) is 10.0 Å². The van der Waals surface area contributed by atoms with Gasteiger partial charge in [0, 0.05) is 0 Å². The van der Waals surface area contributed by atoms with Gasteiger partial charge in [0.1, 0.15) is 5.75 Å². The Morgan fingerprint density at radius 1 is 1.09 bits per heavy atom. The number of ether oxygens (including phenoxy) is 2. The van der Waals surface area contributed by atoms with Gasteiger partial charge in [0.2, 0.25) is 0 Å². The van der Waals surface area contributed by atoms with Crippen LogP contribution >= 0.6 is 23.2 Å². The van der Waals surface area contributed by atoms with E-state index in [9.17, 15) is 9.59 Å². The van der Waals surface area contributed by atoms with Crippen LogP contribution in [0.3, 0.4) is 0 Å². The Hall–Kier alpha value is -2.24. The zero-order chi connectivity index (χ0) is 16.8. The summed E-state index contributed by atoms with van der Waals surface area (Å²) in [6, 6.07) is 11.5. The molecule has 1 N–H and O–H groups in total. The van der Waals surface area contributed by atoms with Crippen molar-refractivity contribution in [2.75, 3.05) is 19.0 Å². The summed E-state index contributed by atoms with van der Waals surface area (Å²) in [6.45, 7) is -0.459. The van der Waals surface area contributed by atoms with Gasteiger partial charge in [-0.3, -0.25) is 4.79 Å². The lowest BCUT2D eigenvalue weighted by Crippen LogP contribution is -2.21. The van der Waals surface area contributed by atoms with Crippen LogP contribution in [0.4, 0.5) is 5.69 Å². The maximum Gasteiger partial charge on any atom is 0.340 e. The molecule has 23 heavy (non-hydrogen) atoms. The number of carbonyl (C=O) groups is 2. The van der Waals surface area contributed by atoms with Crippen LogP contribution in [0, 0.1) is 0 Å². The number of esters is 1. The minimum atomic E-state index is -0.729. The van der Waals surface area contributed by atoms with Gasteiger partial charge in [0.05, 0.1) is 28.4 Å². The fourth-order valence-electron chi connectivity index (χ4n) is 1.80. The third-order valence-corrected chi connectivity index (χ3v) is 3.71. The summed E-state index contributed by atoms with van der Waals surface area (Å²) in [7, 11) is 1.49. The molecular formula is C16H13Cl2NO4. The number of carbonyl (C=O) groups excluding carboxylic acids is 2. The molecule has 0 unspecified atom stereocenters. The molecule has 0 radical (unpaired) electrons. The summed E-state index contributed by atoms with van der Waals surface area (Å²) >= 11 is 11.8. The van der Waals surface area contributed by atoms with E-state index in [-0.39, 0.29) is 15.6 Å². The lowest BCUT2D eigenvalue weighted by Gasteiger charge is -2.10. The van der Waals surface area contributed by atoms with Crippen LogP contribution in [0.1, 0.15) is 10.4 Å². The molecule has 0 fully saturated rings. The van der Waals surface area contributed by atoms with Gasteiger partial charge >= 0.3 is 5.97 Å². The highest BCUT2D eigenvalue weighted by molar-refractivity contribution is 6.43. The summed E-state index contributed by atoms with van der Waals surface area (Å²) in [5.41, 5.74) is 0.584. The Bertz CT molecular complexity index is 734. The number of methoxy groups -OCH3 is 1. The minimum Gasteiger partial charge on any atom is -0.495 e. The molecule has 7 heteroatoms. The van der Waals surface area contributed by atoms with Crippen molar-refractivity contribution in [1.82, 2.24) is 0 Å². The lowest BCUT2D eigenvalue weighted by molar-refractivity contribution is -0.119. The molecule has 0 aliphatic carbocycles. The van der Waals surface area contributed by atoms with Crippen LogP contribution in [-0.4, -0.2) is 25.6 Å². The molecule has 0 saturated heterocycles. The molecule has 0 atom stereocenters. The van der Waals surface area contributed by atoms with Crippen molar-refractivity contribution < 1.29 is 19.1 Å². The largest absolute Gasteiger partial charge is 0.495 e. The average molecular weight is 354 g/mol. The topological polar surface area (TPSA) is 64.6 Å². The molecule has 0 aromatic heterocycles. The number of benzene rings is 2. The third kappa shape index (κ3) is 4.37. The van der Waals surface area contributed by atoms with Crippen LogP contribution in [0.15, 0.2) is 42.5 Å². The fourth-order valence-corrected chi connectivity index (χ4v) is 2.18. The van der Waals surface area contributed by atoms with Crippen LogP contribution in [0.5, 0.6) is 5.75 Å². The van der Waals surface area contributed by atoms with Gasteiger partial charge < -0.3 is 14.8 Å². The van der Waals surface area contributed by atoms with E-state index in [2.05, 4.69) is 5.32 Å². The monoisotopic (exact) mass is 353 g/mol. The molecule has 1 amide bonds. The Kier molecular flexibility index (Phi) is 5.84. The minimum absolute atomic E-state index is 0.0873. The predicted molar refractivity (Wildman–Crippen MR) is 88.4 cm³/mol. The van der Waals surface area contributed by atoms with E-state index in [0.717, 1.165) is 0 Å². The van der Waals surface area contributed by atoms with E-state index >= 15 is 0 Å². The number of anilines is 1. The molecule has 0 heterocycles. The number of hydrogen-bond donors (Lipinski definition) is 1. The molecular weight excluding hydrogens is 341 g/mol. The number of nitrogens with one attached hydrogen (secondary N) is 1. The summed E-state index contributed by atoms with van der Waals surface area (Å²) in [6.07, 6.45) is 0. The lowest BCUT2D eigenvalue weighted by atomic mass is 10.2. The van der Waals surface area contributed by atoms with Gasteiger partial charge in [-0.15, -0.1) is 0 Å². The second-order valence-corrected chi connectivity index (χ2v) is 5.21. The van der Waals surface area contributed by atoms with E-state index in [1.807, 2.05) is 0 Å². The molecule has 0 aliphatic rings. The molecule has 0 bridgehead atoms. The maximum atomic E-state index is 11.9. The van der Waals surface area contributed by atoms with E-state index in [1.54, 1.807) is 36.4 Å². The molecule has 5 nitrogen and oxygen atoms in total. The van der Waals surface area contributed by atoms with Crippen LogP contribution in [-0.2, 0) is 9.53 Å². The van der Waals surface area contributed by atoms with Crippen molar-refractivity contribution in [3.8, 4) is 5.75 Å². The quantitative estimate of drug-likeness (QED) is 0.830. The molecule has 0 saturated carbocycles. The first-order chi connectivity index (χ1) is 11.0. The van der Waals surface area contributed by atoms with Gasteiger partial charge in [-0.05, 0) is 24.3 Å². The number of para-hydroxylation sites is 2. The average Bonchev–Trinajstić information content (AvgIpc) is 2.55. The maximum absolute atomic E-state index is 11.9. The van der Waals surface area contributed by atoms with Crippen LogP contribution < -0.4 is 10.1 Å². The predicted octanol–water partition coefficient (Wildman–Crippen LogP) is 3.80. The smallest absolute Gasteiger partial charge is 0.340 e. The van der Waals surface area contributed by atoms with Crippen molar-refractivity contribution in [3.63, 3.8) is 0 Å². The second kappa shape index (κ2) is 7.85. The first kappa shape index (κ1) is 17.1. The summed E-state index contributed by atoms with van der Waals surface area (Å²) in [5, 5.41) is 2.92. The van der Waals surface area contributed by atoms with E-state index in [1.165, 1.54) is 13.2 Å². The fraction of sp³-hybridized carbons (Fsp3) is 0.125. The zero-order valence-electron chi connectivity index (χ0n) is 12.1. The Morgan fingerprint density at radius 3 is 2.57 bits per heavy atom. The molecule has 120 valence electrons. The van der Waals surface area contributed by atoms with Crippen LogP contribution in [0.25, 0.3) is 0 Å². The third-order valence-electron chi connectivity index (χ3n) is 2.89. The Morgan fingerprint density at radius 2 is 1.83 bits per heavy atom. The first-order valence-electron chi connectivity index (χ1n) is 6.57. The summed E-state index contributed by atoms with van der Waals surface area (Å²) < 4.78 is 10.1. The number of halogens is 2. The Balaban J connectivity index is 1.96. The van der Waals surface area contributed by atoms with E-state index in [4.69, 9.17) is 32.7 Å². The Labute approximate surface area is 143 Å². The van der Waals surface area contributed by atoms with Gasteiger partial charge in [0.25, 0.3) is 5.91 Å². The normalized spacial score (nSPS) is 10.0. The molecule has 0 spiro atoms. The summed E-state index contributed by atoms with van der Waals surface area (Å²) in [4.78, 5) is 23.8. The van der Waals surface area contributed by atoms with E-state index < -0.39 is 18.5 Å². The number of hydrogen-bond acceptors (Lipinski definition) is 4. The highest BCUT2D eigenvalue weighted by Crippen LogP contribution is 2.26. The van der Waals surface area contributed by atoms with Gasteiger partial charge in [-0.2, -0.15) is 0 Å². The highest BCUT2D eigenvalue weighted by Gasteiger charge is 2.16. The molecule has 2 aromatic rings. The van der Waals surface area contributed by atoms with Crippen molar-refractivity contribution in [2.24, 2.45) is 0 Å². The standard InChI is InChI=1S/C16H13Cl2NO4/c1-22-13-8-3-2-7-12(13)19-14(20)9-23-16(21)10-5-4-6-11(17)15(10)18/h2-8H,9H2,1H3,(H,19,20). The van der Waals surface area contributed by atoms with E-state index in [0.29, 0.717) is 11.4 Å². The molecule has 0 aliphatic heterocycles. The van der Waals surface area contributed by atoms with Gasteiger partial charge in [0.15, 0.2) is 6.61 Å². The molecule has 2 rings (SSSR count). The summed E-state index contributed by atoms with van der Waals surface area (Å²) in [5.74, 6) is -0.723.